The van der Waals surface area contributed by atoms with Gasteiger partial charge < -0.3 is 20.3 Å². The van der Waals surface area contributed by atoms with Crippen LogP contribution < -0.4 is 15.5 Å². The molecular formula is C19H28ClN3O2. The summed E-state index contributed by atoms with van der Waals surface area (Å²) in [5, 5.41) is 7.16. The summed E-state index contributed by atoms with van der Waals surface area (Å²) in [5.41, 5.74) is 1.87. The van der Waals surface area contributed by atoms with Gasteiger partial charge in [-0.1, -0.05) is 37.4 Å². The number of halogens is 1. The molecule has 3 rings (SSSR count). The number of carbonyl (C=O) groups excluding carboxylic acids is 1. The molecule has 0 bridgehead atoms. The summed E-state index contributed by atoms with van der Waals surface area (Å²) >= 11 is 6.43. The molecule has 0 radical (unpaired) electrons. The van der Waals surface area contributed by atoms with Crippen LogP contribution in [0.3, 0.4) is 0 Å². The van der Waals surface area contributed by atoms with E-state index in [4.69, 9.17) is 16.3 Å². The van der Waals surface area contributed by atoms with Crippen LogP contribution in [0.1, 0.15) is 32.6 Å². The molecular weight excluding hydrogens is 338 g/mol. The highest BCUT2D eigenvalue weighted by atomic mass is 35.5. The summed E-state index contributed by atoms with van der Waals surface area (Å²) in [6.45, 7) is 5.51. The van der Waals surface area contributed by atoms with Gasteiger partial charge in [-0.05, 0) is 30.9 Å². The lowest BCUT2D eigenvalue weighted by Gasteiger charge is -2.32. The Morgan fingerprint density at radius 3 is 2.80 bits per heavy atom. The first-order valence-corrected chi connectivity index (χ1v) is 9.67. The number of nitrogens with one attached hydrogen (secondary N) is 2. The summed E-state index contributed by atoms with van der Waals surface area (Å²) in [4.78, 5) is 14.6. The van der Waals surface area contributed by atoms with Crippen molar-refractivity contribution in [3.63, 3.8) is 0 Å². The molecule has 1 saturated heterocycles. The van der Waals surface area contributed by atoms with Gasteiger partial charge in [0, 0.05) is 19.1 Å². The van der Waals surface area contributed by atoms with Gasteiger partial charge in [0.2, 0.25) is 5.91 Å². The fourth-order valence-electron chi connectivity index (χ4n) is 3.73. The Morgan fingerprint density at radius 2 is 2.04 bits per heavy atom. The first-order chi connectivity index (χ1) is 12.1. The number of carbonyl (C=O) groups is 1. The summed E-state index contributed by atoms with van der Waals surface area (Å²) in [6.07, 6.45) is 4.77. The number of ether oxygens (including phenoxy) is 1. The Hall–Kier alpha value is -1.46. The number of anilines is 2. The number of nitrogens with zero attached hydrogens (tertiary/aromatic N) is 1. The number of amides is 1. The monoisotopic (exact) mass is 365 g/mol. The predicted molar refractivity (Wildman–Crippen MR) is 103 cm³/mol. The molecule has 5 nitrogen and oxygen atoms in total. The van der Waals surface area contributed by atoms with Crippen LogP contribution in [0.2, 0.25) is 5.02 Å². The molecule has 1 aromatic rings. The Kier molecular flexibility index (Phi) is 6.43. The minimum Gasteiger partial charge on any atom is -0.378 e. The van der Waals surface area contributed by atoms with Crippen LogP contribution in [0.4, 0.5) is 11.4 Å². The van der Waals surface area contributed by atoms with Crippen molar-refractivity contribution >= 4 is 28.9 Å². The Morgan fingerprint density at radius 1 is 1.28 bits per heavy atom. The van der Waals surface area contributed by atoms with E-state index in [1.807, 2.05) is 18.2 Å². The number of hydrogen-bond donors (Lipinski definition) is 2. The maximum Gasteiger partial charge on any atom is 0.239 e. The molecule has 1 aliphatic carbocycles. The van der Waals surface area contributed by atoms with E-state index in [-0.39, 0.29) is 12.5 Å². The third-order valence-electron chi connectivity index (χ3n) is 5.21. The summed E-state index contributed by atoms with van der Waals surface area (Å²) in [7, 11) is 0. The van der Waals surface area contributed by atoms with Crippen molar-refractivity contribution in [3.05, 3.63) is 23.2 Å². The smallest absolute Gasteiger partial charge is 0.239 e. The molecule has 2 aliphatic rings. The number of benzene rings is 1. The molecule has 1 heterocycles. The van der Waals surface area contributed by atoms with E-state index in [9.17, 15) is 4.79 Å². The molecule has 1 aliphatic heterocycles. The molecule has 0 spiro atoms. The van der Waals surface area contributed by atoms with Crippen LogP contribution in [0.25, 0.3) is 0 Å². The van der Waals surface area contributed by atoms with Crippen molar-refractivity contribution in [2.45, 2.75) is 38.6 Å². The zero-order valence-electron chi connectivity index (χ0n) is 14.9. The summed E-state index contributed by atoms with van der Waals surface area (Å²) in [6, 6.07) is 6.09. The van der Waals surface area contributed by atoms with Gasteiger partial charge in [0.25, 0.3) is 0 Å². The standard InChI is InChI=1S/C19H28ClN3O2/c1-14-5-2-3-7-16(14)22-18(24)13-21-17-8-4-6-15(20)19(17)23-9-11-25-12-10-23/h4,6,8,14,16,21H,2-3,5,7,9-13H2,1H3,(H,22,24). The zero-order chi connectivity index (χ0) is 17.6. The van der Waals surface area contributed by atoms with Gasteiger partial charge in [-0.3, -0.25) is 4.79 Å². The van der Waals surface area contributed by atoms with E-state index in [1.165, 1.54) is 19.3 Å². The van der Waals surface area contributed by atoms with Crippen molar-refractivity contribution in [2.24, 2.45) is 5.92 Å². The Bertz CT molecular complexity index is 590. The average Bonchev–Trinajstić information content (AvgIpc) is 2.63. The van der Waals surface area contributed by atoms with Crippen LogP contribution in [0.15, 0.2) is 18.2 Å². The van der Waals surface area contributed by atoms with Crippen LogP contribution >= 0.6 is 11.6 Å². The molecule has 138 valence electrons. The fraction of sp³-hybridized carbons (Fsp3) is 0.632. The largest absolute Gasteiger partial charge is 0.378 e. The first kappa shape index (κ1) is 18.3. The van der Waals surface area contributed by atoms with E-state index in [0.717, 1.165) is 30.9 Å². The minimum absolute atomic E-state index is 0.0478. The van der Waals surface area contributed by atoms with E-state index < -0.39 is 0 Å². The van der Waals surface area contributed by atoms with Crippen LogP contribution in [-0.2, 0) is 9.53 Å². The molecule has 2 N–H and O–H groups in total. The highest BCUT2D eigenvalue weighted by molar-refractivity contribution is 6.34. The molecule has 2 atom stereocenters. The van der Waals surface area contributed by atoms with Gasteiger partial charge in [0.05, 0.1) is 36.2 Å². The van der Waals surface area contributed by atoms with E-state index in [2.05, 4.69) is 22.5 Å². The average molecular weight is 366 g/mol. The third-order valence-corrected chi connectivity index (χ3v) is 5.52. The predicted octanol–water partition coefficient (Wildman–Crippen LogP) is 3.28. The van der Waals surface area contributed by atoms with Gasteiger partial charge >= 0.3 is 0 Å². The second kappa shape index (κ2) is 8.77. The van der Waals surface area contributed by atoms with Gasteiger partial charge in [-0.25, -0.2) is 0 Å². The summed E-state index contributed by atoms with van der Waals surface area (Å²) < 4.78 is 5.42. The SMILES string of the molecule is CC1CCCCC1NC(=O)CNc1cccc(Cl)c1N1CCOCC1. The molecule has 1 saturated carbocycles. The van der Waals surface area contributed by atoms with Gasteiger partial charge in [0.1, 0.15) is 0 Å². The quantitative estimate of drug-likeness (QED) is 0.840. The van der Waals surface area contributed by atoms with Crippen molar-refractivity contribution < 1.29 is 9.53 Å². The third kappa shape index (κ3) is 4.79. The number of morpholine rings is 1. The minimum atomic E-state index is 0.0478. The van der Waals surface area contributed by atoms with E-state index >= 15 is 0 Å². The Labute approximate surface area is 155 Å². The highest BCUT2D eigenvalue weighted by Crippen LogP contribution is 2.34. The van der Waals surface area contributed by atoms with Gasteiger partial charge in [0.15, 0.2) is 0 Å². The van der Waals surface area contributed by atoms with Crippen LogP contribution in [0.5, 0.6) is 0 Å². The van der Waals surface area contributed by atoms with Crippen molar-refractivity contribution in [1.82, 2.24) is 5.32 Å². The lowest BCUT2D eigenvalue weighted by atomic mass is 9.86. The van der Waals surface area contributed by atoms with Gasteiger partial charge in [-0.15, -0.1) is 0 Å². The van der Waals surface area contributed by atoms with Crippen LogP contribution in [-0.4, -0.2) is 44.8 Å². The second-order valence-electron chi connectivity index (χ2n) is 7.02. The highest BCUT2D eigenvalue weighted by Gasteiger charge is 2.23. The fourth-order valence-corrected chi connectivity index (χ4v) is 4.02. The molecule has 6 heteroatoms. The molecule has 0 aromatic heterocycles. The first-order valence-electron chi connectivity index (χ1n) is 9.29. The topological polar surface area (TPSA) is 53.6 Å². The second-order valence-corrected chi connectivity index (χ2v) is 7.43. The van der Waals surface area contributed by atoms with Gasteiger partial charge in [-0.2, -0.15) is 0 Å². The Balaban J connectivity index is 1.60. The van der Waals surface area contributed by atoms with Crippen molar-refractivity contribution in [2.75, 3.05) is 43.1 Å². The normalized spacial score (nSPS) is 24.0. The van der Waals surface area contributed by atoms with E-state index in [1.54, 1.807) is 0 Å². The molecule has 2 fully saturated rings. The molecule has 1 aromatic carbocycles. The van der Waals surface area contributed by atoms with Crippen molar-refractivity contribution in [1.29, 1.82) is 0 Å². The van der Waals surface area contributed by atoms with E-state index in [0.29, 0.717) is 30.2 Å². The number of rotatable bonds is 5. The molecule has 2 unspecified atom stereocenters. The van der Waals surface area contributed by atoms with Crippen molar-refractivity contribution in [3.8, 4) is 0 Å². The number of para-hydroxylation sites is 1. The maximum atomic E-state index is 12.4. The van der Waals surface area contributed by atoms with Crippen LogP contribution in [0, 0.1) is 5.92 Å². The molecule has 25 heavy (non-hydrogen) atoms. The number of hydrogen-bond acceptors (Lipinski definition) is 4. The molecule has 1 amide bonds. The maximum absolute atomic E-state index is 12.4. The summed E-state index contributed by atoms with van der Waals surface area (Å²) in [5.74, 6) is 0.611. The lowest BCUT2D eigenvalue weighted by Crippen LogP contribution is -2.43. The zero-order valence-corrected chi connectivity index (χ0v) is 15.6. The lowest BCUT2D eigenvalue weighted by molar-refractivity contribution is -0.120.